The van der Waals surface area contributed by atoms with Crippen LogP contribution >= 0.6 is 0 Å². The van der Waals surface area contributed by atoms with E-state index in [1.165, 1.54) is 7.11 Å². The Hall–Kier alpha value is -2.74. The first-order valence-electron chi connectivity index (χ1n) is 10.5. The summed E-state index contributed by atoms with van der Waals surface area (Å²) in [6.07, 6.45) is -3.92. The molecule has 0 amide bonds. The summed E-state index contributed by atoms with van der Waals surface area (Å²) in [7, 11) is 3.06. The number of rotatable bonds is 8. The molecule has 1 fully saturated rings. The second kappa shape index (κ2) is 9.81. The molecule has 168 valence electrons. The largest absolute Gasteiger partial charge is 0.497 e. The molecule has 6 heteroatoms. The van der Waals surface area contributed by atoms with E-state index < -0.39 is 30.2 Å². The fraction of sp³-hybridized carbons (Fsp3) is 0.308. The van der Waals surface area contributed by atoms with Crippen molar-refractivity contribution >= 4 is 0 Å². The lowest BCUT2D eigenvalue weighted by atomic mass is 9.80. The van der Waals surface area contributed by atoms with Crippen molar-refractivity contribution in [2.24, 2.45) is 0 Å². The zero-order chi connectivity index (χ0) is 22.6. The number of aliphatic hydroxyl groups excluding tert-OH is 2. The van der Waals surface area contributed by atoms with Crippen LogP contribution in [0.25, 0.3) is 0 Å². The fourth-order valence-corrected chi connectivity index (χ4v) is 4.18. The Bertz CT molecular complexity index is 937. The molecule has 0 saturated carbocycles. The Morgan fingerprint density at radius 3 is 1.75 bits per heavy atom. The van der Waals surface area contributed by atoms with Crippen molar-refractivity contribution in [3.8, 4) is 5.75 Å². The van der Waals surface area contributed by atoms with Gasteiger partial charge in [-0.1, -0.05) is 72.8 Å². The summed E-state index contributed by atoms with van der Waals surface area (Å²) < 4.78 is 22.9. The molecule has 0 unspecified atom stereocenters. The number of methoxy groups -OCH3 is 2. The van der Waals surface area contributed by atoms with Crippen molar-refractivity contribution in [1.82, 2.24) is 0 Å². The Morgan fingerprint density at radius 1 is 0.750 bits per heavy atom. The number of ether oxygens (including phenoxy) is 4. The van der Waals surface area contributed by atoms with Gasteiger partial charge in [-0.25, -0.2) is 0 Å². The molecule has 0 aromatic heterocycles. The average Bonchev–Trinajstić information content (AvgIpc) is 3.14. The van der Waals surface area contributed by atoms with E-state index in [1.807, 2.05) is 84.9 Å². The molecule has 32 heavy (non-hydrogen) atoms. The van der Waals surface area contributed by atoms with Crippen molar-refractivity contribution < 1.29 is 29.2 Å². The van der Waals surface area contributed by atoms with Gasteiger partial charge in [-0.3, -0.25) is 0 Å². The van der Waals surface area contributed by atoms with Gasteiger partial charge in [-0.2, -0.15) is 0 Å². The smallest absolute Gasteiger partial charge is 0.186 e. The van der Waals surface area contributed by atoms with Gasteiger partial charge in [-0.05, 0) is 28.8 Å². The van der Waals surface area contributed by atoms with Crippen LogP contribution in [0.2, 0.25) is 0 Å². The third-order valence-electron chi connectivity index (χ3n) is 5.87. The van der Waals surface area contributed by atoms with Crippen LogP contribution in [0.15, 0.2) is 84.9 Å². The number of hydrogen-bond donors (Lipinski definition) is 2. The van der Waals surface area contributed by atoms with Crippen molar-refractivity contribution in [2.45, 2.75) is 30.2 Å². The zero-order valence-corrected chi connectivity index (χ0v) is 18.1. The summed E-state index contributed by atoms with van der Waals surface area (Å²) in [5.41, 5.74) is 1.76. The molecule has 1 heterocycles. The molecule has 3 aromatic carbocycles. The molecular formula is C26H28O6. The summed E-state index contributed by atoms with van der Waals surface area (Å²) in [4.78, 5) is 0. The van der Waals surface area contributed by atoms with Gasteiger partial charge in [0.2, 0.25) is 0 Å². The van der Waals surface area contributed by atoms with E-state index in [9.17, 15) is 10.2 Å². The maximum atomic E-state index is 10.5. The average molecular weight is 437 g/mol. The second-order valence-electron chi connectivity index (χ2n) is 7.71. The fourth-order valence-electron chi connectivity index (χ4n) is 4.18. The normalized spacial score (nSPS) is 23.2. The van der Waals surface area contributed by atoms with Crippen LogP contribution in [-0.4, -0.2) is 55.6 Å². The van der Waals surface area contributed by atoms with Crippen LogP contribution in [0.1, 0.15) is 16.7 Å². The van der Waals surface area contributed by atoms with Gasteiger partial charge < -0.3 is 29.2 Å². The number of aliphatic hydroxyl groups is 2. The molecule has 1 saturated heterocycles. The van der Waals surface area contributed by atoms with E-state index in [-0.39, 0.29) is 6.61 Å². The molecule has 6 nitrogen and oxygen atoms in total. The molecule has 0 aliphatic carbocycles. The van der Waals surface area contributed by atoms with E-state index in [0.717, 1.165) is 22.4 Å². The van der Waals surface area contributed by atoms with E-state index >= 15 is 0 Å². The highest BCUT2D eigenvalue weighted by Gasteiger charge is 2.45. The monoisotopic (exact) mass is 436 g/mol. The quantitative estimate of drug-likeness (QED) is 0.529. The summed E-state index contributed by atoms with van der Waals surface area (Å²) in [6.45, 7) is 0.0356. The van der Waals surface area contributed by atoms with E-state index in [2.05, 4.69) is 0 Å². The minimum Gasteiger partial charge on any atom is -0.497 e. The molecule has 2 N–H and O–H groups in total. The first-order valence-corrected chi connectivity index (χ1v) is 10.5. The van der Waals surface area contributed by atoms with Crippen LogP contribution in [0.4, 0.5) is 0 Å². The predicted molar refractivity (Wildman–Crippen MR) is 119 cm³/mol. The van der Waals surface area contributed by atoms with Gasteiger partial charge >= 0.3 is 0 Å². The van der Waals surface area contributed by atoms with Crippen LogP contribution in [0, 0.1) is 0 Å². The van der Waals surface area contributed by atoms with Crippen LogP contribution in [-0.2, 0) is 19.8 Å². The van der Waals surface area contributed by atoms with Crippen molar-refractivity contribution in [3.63, 3.8) is 0 Å². The Kier molecular flexibility index (Phi) is 6.89. The topological polar surface area (TPSA) is 77.4 Å². The van der Waals surface area contributed by atoms with Gasteiger partial charge in [0.05, 0.1) is 13.7 Å². The van der Waals surface area contributed by atoms with Gasteiger partial charge in [-0.15, -0.1) is 0 Å². The maximum absolute atomic E-state index is 10.5. The lowest BCUT2D eigenvalue weighted by Crippen LogP contribution is -2.39. The predicted octanol–water partition coefficient (Wildman–Crippen LogP) is 3.10. The van der Waals surface area contributed by atoms with Crippen molar-refractivity contribution in [1.29, 1.82) is 0 Å². The zero-order valence-electron chi connectivity index (χ0n) is 18.1. The summed E-state index contributed by atoms with van der Waals surface area (Å²) in [5, 5.41) is 20.7. The molecule has 1 aliphatic rings. The SMILES string of the molecule is COc1ccc(C(OC[C@H]2O[C@H](OC)[C@H](O)[C@@H]2O)(c2ccccc2)c2ccccc2)cc1. The highest BCUT2D eigenvalue weighted by Crippen LogP contribution is 2.41. The van der Waals surface area contributed by atoms with Gasteiger partial charge in [0.15, 0.2) is 6.29 Å². The standard InChI is InChI=1S/C26H28O6/c1-29-21-15-13-20(14-16-21)26(18-9-5-3-6-10-18,19-11-7-4-8-12-19)31-17-22-23(27)24(28)25(30-2)32-22/h3-16,22-25,27-28H,17H2,1-2H3/t22-,23-,24-,25+/m1/s1. The molecule has 0 radical (unpaired) electrons. The van der Waals surface area contributed by atoms with Crippen LogP contribution < -0.4 is 4.74 Å². The molecular weight excluding hydrogens is 408 g/mol. The van der Waals surface area contributed by atoms with Crippen LogP contribution in [0.5, 0.6) is 5.75 Å². The molecule has 0 bridgehead atoms. The third-order valence-corrected chi connectivity index (χ3v) is 5.87. The lowest BCUT2D eigenvalue weighted by Gasteiger charge is -2.37. The summed E-state index contributed by atoms with van der Waals surface area (Å²) in [5.74, 6) is 0.740. The van der Waals surface area contributed by atoms with Gasteiger partial charge in [0.1, 0.15) is 29.7 Å². The first-order chi connectivity index (χ1) is 15.6. The highest BCUT2D eigenvalue weighted by molar-refractivity contribution is 5.48. The molecule has 3 aromatic rings. The maximum Gasteiger partial charge on any atom is 0.186 e. The number of hydrogen-bond acceptors (Lipinski definition) is 6. The third kappa shape index (κ3) is 4.16. The second-order valence-corrected chi connectivity index (χ2v) is 7.71. The molecule has 4 rings (SSSR count). The van der Waals surface area contributed by atoms with Gasteiger partial charge in [0, 0.05) is 7.11 Å². The van der Waals surface area contributed by atoms with Gasteiger partial charge in [0.25, 0.3) is 0 Å². The van der Waals surface area contributed by atoms with E-state index in [4.69, 9.17) is 18.9 Å². The van der Waals surface area contributed by atoms with Crippen molar-refractivity contribution in [3.05, 3.63) is 102 Å². The first kappa shape index (κ1) is 22.5. The molecule has 1 aliphatic heterocycles. The Morgan fingerprint density at radius 2 is 1.28 bits per heavy atom. The number of benzene rings is 3. The summed E-state index contributed by atoms with van der Waals surface area (Å²) >= 11 is 0. The van der Waals surface area contributed by atoms with Crippen molar-refractivity contribution in [2.75, 3.05) is 20.8 Å². The molecule has 0 spiro atoms. The summed E-state index contributed by atoms with van der Waals surface area (Å²) in [6, 6.07) is 27.5. The Balaban J connectivity index is 1.79. The van der Waals surface area contributed by atoms with E-state index in [1.54, 1.807) is 7.11 Å². The minimum atomic E-state index is -1.14. The minimum absolute atomic E-state index is 0.0356. The van der Waals surface area contributed by atoms with Crippen LogP contribution in [0.3, 0.4) is 0 Å². The highest BCUT2D eigenvalue weighted by atomic mass is 16.7. The molecule has 4 atom stereocenters. The lowest BCUT2D eigenvalue weighted by molar-refractivity contribution is -0.162. The Labute approximate surface area is 188 Å². The van der Waals surface area contributed by atoms with E-state index in [0.29, 0.717) is 0 Å².